The number of phenols is 1. The third-order valence-corrected chi connectivity index (χ3v) is 2.91. The molecule has 0 bridgehead atoms. The standard InChI is InChI=1S/C15H24N2O2/c1-4-13(12-7-5-6-8-14(12)18)16-10-9-15(19)17-11(2)3/h5-8,11,13,16,18H,4,9-10H2,1-3H3,(H,17,19). The summed E-state index contributed by atoms with van der Waals surface area (Å²) < 4.78 is 0. The van der Waals surface area contributed by atoms with E-state index in [0.717, 1.165) is 12.0 Å². The minimum Gasteiger partial charge on any atom is -0.508 e. The van der Waals surface area contributed by atoms with E-state index in [1.54, 1.807) is 6.07 Å². The minimum absolute atomic E-state index is 0.0506. The second-order valence-electron chi connectivity index (χ2n) is 4.95. The Labute approximate surface area is 115 Å². The number of hydrogen-bond donors (Lipinski definition) is 3. The van der Waals surface area contributed by atoms with Crippen LogP contribution >= 0.6 is 0 Å². The van der Waals surface area contributed by atoms with E-state index in [4.69, 9.17) is 0 Å². The molecule has 4 nitrogen and oxygen atoms in total. The molecule has 0 saturated heterocycles. The van der Waals surface area contributed by atoms with Crippen LogP contribution in [-0.4, -0.2) is 23.6 Å². The number of hydrogen-bond acceptors (Lipinski definition) is 3. The molecule has 0 aliphatic heterocycles. The molecule has 1 amide bonds. The van der Waals surface area contributed by atoms with Gasteiger partial charge in [0.1, 0.15) is 5.75 Å². The molecule has 0 spiro atoms. The summed E-state index contributed by atoms with van der Waals surface area (Å²) in [5.74, 6) is 0.350. The molecule has 1 aromatic carbocycles. The van der Waals surface area contributed by atoms with Gasteiger partial charge in [0.25, 0.3) is 0 Å². The number of rotatable bonds is 7. The summed E-state index contributed by atoms with van der Waals surface area (Å²) in [6.07, 6.45) is 1.31. The lowest BCUT2D eigenvalue weighted by atomic mass is 10.0. The summed E-state index contributed by atoms with van der Waals surface area (Å²) in [5.41, 5.74) is 0.884. The molecule has 106 valence electrons. The largest absolute Gasteiger partial charge is 0.508 e. The lowest BCUT2D eigenvalue weighted by molar-refractivity contribution is -0.121. The van der Waals surface area contributed by atoms with Gasteiger partial charge in [-0.2, -0.15) is 0 Å². The molecule has 0 aromatic heterocycles. The predicted octanol–water partition coefficient (Wildman–Crippen LogP) is 2.35. The fourth-order valence-corrected chi connectivity index (χ4v) is 2.01. The van der Waals surface area contributed by atoms with Crippen LogP contribution in [0.4, 0.5) is 0 Å². The van der Waals surface area contributed by atoms with Gasteiger partial charge in [0.05, 0.1) is 0 Å². The summed E-state index contributed by atoms with van der Waals surface area (Å²) in [6, 6.07) is 7.56. The summed E-state index contributed by atoms with van der Waals surface area (Å²) in [4.78, 5) is 11.5. The van der Waals surface area contributed by atoms with E-state index in [0.29, 0.717) is 18.7 Å². The van der Waals surface area contributed by atoms with Gasteiger partial charge in [-0.25, -0.2) is 0 Å². The average molecular weight is 264 g/mol. The number of benzene rings is 1. The van der Waals surface area contributed by atoms with Crippen molar-refractivity contribution in [1.29, 1.82) is 0 Å². The zero-order valence-electron chi connectivity index (χ0n) is 11.9. The maximum absolute atomic E-state index is 11.5. The number of phenolic OH excluding ortho intramolecular Hbond substituents is 1. The van der Waals surface area contributed by atoms with Crippen molar-refractivity contribution in [1.82, 2.24) is 10.6 Å². The zero-order valence-corrected chi connectivity index (χ0v) is 11.9. The van der Waals surface area contributed by atoms with Crippen molar-refractivity contribution in [2.75, 3.05) is 6.54 Å². The van der Waals surface area contributed by atoms with E-state index in [2.05, 4.69) is 17.6 Å². The Morgan fingerprint density at radius 1 is 1.32 bits per heavy atom. The van der Waals surface area contributed by atoms with Crippen molar-refractivity contribution in [2.45, 2.75) is 45.7 Å². The first kappa shape index (κ1) is 15.5. The summed E-state index contributed by atoms with van der Waals surface area (Å²) >= 11 is 0. The van der Waals surface area contributed by atoms with E-state index in [1.807, 2.05) is 32.0 Å². The van der Waals surface area contributed by atoms with Crippen LogP contribution in [-0.2, 0) is 4.79 Å². The van der Waals surface area contributed by atoms with Gasteiger partial charge in [0, 0.05) is 30.6 Å². The fourth-order valence-electron chi connectivity index (χ4n) is 2.01. The molecule has 0 fully saturated rings. The smallest absolute Gasteiger partial charge is 0.221 e. The molecule has 0 heterocycles. The van der Waals surface area contributed by atoms with Gasteiger partial charge in [-0.15, -0.1) is 0 Å². The van der Waals surface area contributed by atoms with Gasteiger partial charge in [-0.1, -0.05) is 25.1 Å². The molecule has 0 radical (unpaired) electrons. The molecule has 4 heteroatoms. The number of aromatic hydroxyl groups is 1. The minimum atomic E-state index is 0.0506. The Hall–Kier alpha value is -1.55. The van der Waals surface area contributed by atoms with Crippen molar-refractivity contribution in [3.63, 3.8) is 0 Å². The molecular formula is C15H24N2O2. The Morgan fingerprint density at radius 2 is 2.00 bits per heavy atom. The molecule has 1 aromatic rings. The first-order chi connectivity index (χ1) is 9.04. The van der Waals surface area contributed by atoms with Crippen molar-refractivity contribution >= 4 is 5.91 Å². The quantitative estimate of drug-likeness (QED) is 0.708. The van der Waals surface area contributed by atoms with Gasteiger partial charge < -0.3 is 15.7 Å². The maximum atomic E-state index is 11.5. The van der Waals surface area contributed by atoms with Crippen LogP contribution in [0, 0.1) is 0 Å². The summed E-state index contributed by atoms with van der Waals surface area (Å²) in [5, 5.41) is 16.0. The van der Waals surface area contributed by atoms with Gasteiger partial charge in [-0.05, 0) is 26.3 Å². The van der Waals surface area contributed by atoms with Crippen LogP contribution in [0.15, 0.2) is 24.3 Å². The first-order valence-electron chi connectivity index (χ1n) is 6.85. The topological polar surface area (TPSA) is 61.4 Å². The molecule has 0 aliphatic rings. The molecule has 1 unspecified atom stereocenters. The van der Waals surface area contributed by atoms with Crippen molar-refractivity contribution in [3.05, 3.63) is 29.8 Å². The van der Waals surface area contributed by atoms with Crippen LogP contribution < -0.4 is 10.6 Å². The van der Waals surface area contributed by atoms with E-state index >= 15 is 0 Å². The lowest BCUT2D eigenvalue weighted by Crippen LogP contribution is -2.33. The highest BCUT2D eigenvalue weighted by molar-refractivity contribution is 5.76. The van der Waals surface area contributed by atoms with Gasteiger partial charge in [0.2, 0.25) is 5.91 Å². The van der Waals surface area contributed by atoms with Gasteiger partial charge in [-0.3, -0.25) is 4.79 Å². The van der Waals surface area contributed by atoms with E-state index in [9.17, 15) is 9.90 Å². The highest BCUT2D eigenvalue weighted by Crippen LogP contribution is 2.25. The van der Waals surface area contributed by atoms with Crippen LogP contribution in [0.25, 0.3) is 0 Å². The summed E-state index contributed by atoms with van der Waals surface area (Å²) in [6.45, 7) is 6.55. The normalized spacial score (nSPS) is 12.4. The van der Waals surface area contributed by atoms with Crippen LogP contribution in [0.3, 0.4) is 0 Å². The number of carbonyl (C=O) groups is 1. The van der Waals surface area contributed by atoms with E-state index < -0.39 is 0 Å². The Morgan fingerprint density at radius 3 is 2.58 bits per heavy atom. The van der Waals surface area contributed by atoms with Crippen LogP contribution in [0.2, 0.25) is 0 Å². The molecular weight excluding hydrogens is 240 g/mol. The second kappa shape index (κ2) is 7.79. The summed E-state index contributed by atoms with van der Waals surface area (Å²) in [7, 11) is 0. The first-order valence-corrected chi connectivity index (χ1v) is 6.85. The molecule has 1 atom stereocenters. The molecule has 3 N–H and O–H groups in total. The monoisotopic (exact) mass is 264 g/mol. The van der Waals surface area contributed by atoms with E-state index in [-0.39, 0.29) is 18.0 Å². The molecule has 0 aliphatic carbocycles. The van der Waals surface area contributed by atoms with Crippen molar-refractivity contribution in [3.8, 4) is 5.75 Å². The van der Waals surface area contributed by atoms with Crippen molar-refractivity contribution in [2.24, 2.45) is 0 Å². The third-order valence-electron chi connectivity index (χ3n) is 2.91. The predicted molar refractivity (Wildman–Crippen MR) is 77.0 cm³/mol. The average Bonchev–Trinajstić information content (AvgIpc) is 2.35. The number of para-hydroxylation sites is 1. The number of nitrogens with one attached hydrogen (secondary N) is 2. The van der Waals surface area contributed by atoms with Crippen LogP contribution in [0.5, 0.6) is 5.75 Å². The Kier molecular flexibility index (Phi) is 6.36. The SMILES string of the molecule is CCC(NCCC(=O)NC(C)C)c1ccccc1O. The molecule has 19 heavy (non-hydrogen) atoms. The third kappa shape index (κ3) is 5.30. The Balaban J connectivity index is 2.46. The van der Waals surface area contributed by atoms with Crippen molar-refractivity contribution < 1.29 is 9.90 Å². The van der Waals surface area contributed by atoms with Gasteiger partial charge >= 0.3 is 0 Å². The highest BCUT2D eigenvalue weighted by Gasteiger charge is 2.12. The molecule has 0 saturated carbocycles. The van der Waals surface area contributed by atoms with E-state index in [1.165, 1.54) is 0 Å². The second-order valence-corrected chi connectivity index (χ2v) is 4.95. The zero-order chi connectivity index (χ0) is 14.3. The van der Waals surface area contributed by atoms with Crippen LogP contribution in [0.1, 0.15) is 45.2 Å². The van der Waals surface area contributed by atoms with Gasteiger partial charge in [0.15, 0.2) is 0 Å². The number of amides is 1. The number of carbonyl (C=O) groups excluding carboxylic acids is 1. The lowest BCUT2D eigenvalue weighted by Gasteiger charge is -2.18. The Bertz CT molecular complexity index is 405. The highest BCUT2D eigenvalue weighted by atomic mass is 16.3. The maximum Gasteiger partial charge on any atom is 0.221 e. The molecule has 1 rings (SSSR count). The fraction of sp³-hybridized carbons (Fsp3) is 0.533.